The zero-order chi connectivity index (χ0) is 23.9. The summed E-state index contributed by atoms with van der Waals surface area (Å²) in [5, 5.41) is 2.58. The second kappa shape index (κ2) is 9.06. The third-order valence-corrected chi connectivity index (χ3v) is 7.51. The molecule has 3 heterocycles. The van der Waals surface area contributed by atoms with Crippen molar-refractivity contribution in [3.63, 3.8) is 0 Å². The summed E-state index contributed by atoms with van der Waals surface area (Å²) in [6.07, 6.45) is 8.73. The number of ether oxygens (including phenoxy) is 1. The average molecular weight is 503 g/mol. The number of nitrogens with one attached hydrogen (secondary N) is 1. The van der Waals surface area contributed by atoms with Crippen LogP contribution in [0.3, 0.4) is 0 Å². The number of rotatable bonds is 5. The van der Waals surface area contributed by atoms with E-state index < -0.39 is 0 Å². The molecule has 2 aromatic carbocycles. The van der Waals surface area contributed by atoms with Gasteiger partial charge in [0.1, 0.15) is 6.61 Å². The first kappa shape index (κ1) is 22.2. The maximum Gasteiger partial charge on any atom is 0.214 e. The number of hydrogen-bond donors (Lipinski definition) is 1. The molecule has 0 amide bonds. The number of H-pyrrole nitrogens is 1. The first-order valence-corrected chi connectivity index (χ1v) is 12.5. The third-order valence-electron chi connectivity index (χ3n) is 6.82. The van der Waals surface area contributed by atoms with E-state index in [1.807, 2.05) is 74.2 Å². The monoisotopic (exact) mass is 502 g/mol. The highest BCUT2D eigenvalue weighted by Gasteiger charge is 2.29. The van der Waals surface area contributed by atoms with Crippen molar-refractivity contribution in [1.82, 2.24) is 19.5 Å². The summed E-state index contributed by atoms with van der Waals surface area (Å²) in [7, 11) is 0. The minimum Gasteiger partial charge on any atom is -0.473 e. The lowest BCUT2D eigenvalue weighted by atomic mass is 9.87. The number of hydrogen-bond acceptors (Lipinski definition) is 3. The Morgan fingerprint density at radius 1 is 1.09 bits per heavy atom. The Labute approximate surface area is 213 Å². The summed E-state index contributed by atoms with van der Waals surface area (Å²) in [5.41, 5.74) is 7.38. The van der Waals surface area contributed by atoms with E-state index in [4.69, 9.17) is 32.9 Å². The van der Waals surface area contributed by atoms with E-state index in [9.17, 15) is 0 Å². The highest BCUT2D eigenvalue weighted by molar-refractivity contribution is 6.34. The fourth-order valence-corrected chi connectivity index (χ4v) is 5.71. The number of pyridine rings is 1. The number of aromatic nitrogens is 4. The van der Waals surface area contributed by atoms with Crippen LogP contribution in [0.2, 0.25) is 10.0 Å². The van der Waals surface area contributed by atoms with Crippen LogP contribution >= 0.6 is 23.2 Å². The molecule has 0 aliphatic heterocycles. The van der Waals surface area contributed by atoms with Gasteiger partial charge in [-0.2, -0.15) is 0 Å². The molecule has 7 heteroatoms. The largest absolute Gasteiger partial charge is 0.473 e. The molecule has 5 aromatic rings. The molecule has 0 saturated heterocycles. The van der Waals surface area contributed by atoms with Crippen LogP contribution in [-0.4, -0.2) is 19.5 Å². The van der Waals surface area contributed by atoms with Crippen LogP contribution in [0.5, 0.6) is 5.88 Å². The molecule has 176 valence electrons. The molecule has 0 saturated carbocycles. The number of aromatic amines is 1. The van der Waals surface area contributed by atoms with Crippen LogP contribution in [-0.2, 0) is 13.0 Å². The molecule has 35 heavy (non-hydrogen) atoms. The fourth-order valence-electron chi connectivity index (χ4n) is 5.15. The van der Waals surface area contributed by atoms with Gasteiger partial charge in [0.25, 0.3) is 0 Å². The highest BCUT2D eigenvalue weighted by atomic mass is 35.5. The van der Waals surface area contributed by atoms with Crippen LogP contribution in [0.4, 0.5) is 0 Å². The fraction of sp³-hybridized carbons (Fsp3) is 0.214. The summed E-state index contributed by atoms with van der Waals surface area (Å²) >= 11 is 13.3. The van der Waals surface area contributed by atoms with Crippen LogP contribution in [0.25, 0.3) is 22.2 Å². The number of halogens is 2. The van der Waals surface area contributed by atoms with Gasteiger partial charge in [0, 0.05) is 33.3 Å². The Morgan fingerprint density at radius 3 is 2.77 bits per heavy atom. The van der Waals surface area contributed by atoms with Crippen LogP contribution < -0.4 is 4.74 Å². The molecule has 1 N–H and O–H groups in total. The van der Waals surface area contributed by atoms with Gasteiger partial charge in [0.15, 0.2) is 0 Å². The predicted octanol–water partition coefficient (Wildman–Crippen LogP) is 7.55. The summed E-state index contributed by atoms with van der Waals surface area (Å²) in [6.45, 7) is 2.51. The van der Waals surface area contributed by atoms with Crippen molar-refractivity contribution < 1.29 is 4.74 Å². The number of nitrogens with zero attached hydrogens (tertiary/aromatic N) is 3. The number of imidazole rings is 1. The van der Waals surface area contributed by atoms with Crippen LogP contribution in [0, 0.1) is 6.92 Å². The van der Waals surface area contributed by atoms with Gasteiger partial charge in [-0.25, -0.2) is 9.97 Å². The van der Waals surface area contributed by atoms with E-state index in [1.54, 1.807) is 0 Å². The van der Waals surface area contributed by atoms with Gasteiger partial charge in [0.2, 0.25) is 5.88 Å². The zero-order valence-electron chi connectivity index (χ0n) is 19.3. The van der Waals surface area contributed by atoms with Crippen molar-refractivity contribution in [2.75, 3.05) is 0 Å². The maximum atomic E-state index is 6.72. The molecule has 0 fully saturated rings. The molecule has 3 aromatic heterocycles. The lowest BCUT2D eigenvalue weighted by Gasteiger charge is -2.29. The van der Waals surface area contributed by atoms with Gasteiger partial charge in [-0.15, -0.1) is 0 Å². The van der Waals surface area contributed by atoms with Gasteiger partial charge >= 0.3 is 0 Å². The number of benzene rings is 2. The first-order chi connectivity index (χ1) is 17.1. The Kier molecular flexibility index (Phi) is 5.75. The van der Waals surface area contributed by atoms with Crippen molar-refractivity contribution in [2.45, 2.75) is 38.8 Å². The van der Waals surface area contributed by atoms with Crippen molar-refractivity contribution in [3.05, 3.63) is 99.7 Å². The average Bonchev–Trinajstić information content (AvgIpc) is 3.47. The van der Waals surface area contributed by atoms with Crippen molar-refractivity contribution >= 4 is 34.1 Å². The summed E-state index contributed by atoms with van der Waals surface area (Å²) in [4.78, 5) is 12.6. The molecule has 1 aliphatic rings. The smallest absolute Gasteiger partial charge is 0.214 e. The molecule has 0 bridgehead atoms. The minimum absolute atomic E-state index is 0.0711. The van der Waals surface area contributed by atoms with E-state index in [0.29, 0.717) is 12.5 Å². The molecule has 1 unspecified atom stereocenters. The molecule has 0 spiro atoms. The molecule has 6 rings (SSSR count). The summed E-state index contributed by atoms with van der Waals surface area (Å²) < 4.78 is 8.27. The second-order valence-corrected chi connectivity index (χ2v) is 9.77. The number of aryl methyl sites for hydroxylation is 1. The van der Waals surface area contributed by atoms with Gasteiger partial charge < -0.3 is 14.3 Å². The lowest BCUT2D eigenvalue weighted by Crippen LogP contribution is -2.18. The van der Waals surface area contributed by atoms with Gasteiger partial charge in [-0.1, -0.05) is 53.5 Å². The maximum absolute atomic E-state index is 6.72. The van der Waals surface area contributed by atoms with Crippen LogP contribution in [0.15, 0.2) is 67.3 Å². The van der Waals surface area contributed by atoms with E-state index in [1.165, 1.54) is 0 Å². The van der Waals surface area contributed by atoms with E-state index in [-0.39, 0.29) is 6.04 Å². The SMILES string of the molecule is Cc1ncn(C2CCCc3c(Cl)ccc(Cl)c32)c1-c1c[nH]c2cnc(OCc3ccccc3)cc12. The summed E-state index contributed by atoms with van der Waals surface area (Å²) in [6, 6.07) is 16.0. The van der Waals surface area contributed by atoms with E-state index in [2.05, 4.69) is 14.5 Å². The Hall–Kier alpha value is -3.28. The zero-order valence-corrected chi connectivity index (χ0v) is 20.8. The van der Waals surface area contributed by atoms with Gasteiger partial charge in [-0.3, -0.25) is 0 Å². The lowest BCUT2D eigenvalue weighted by molar-refractivity contribution is 0.294. The summed E-state index contributed by atoms with van der Waals surface area (Å²) in [5.74, 6) is 0.587. The van der Waals surface area contributed by atoms with Crippen molar-refractivity contribution in [1.29, 1.82) is 0 Å². The molecular formula is C28H24Cl2N4O. The molecular weight excluding hydrogens is 479 g/mol. The molecule has 0 radical (unpaired) electrons. The van der Waals surface area contributed by atoms with E-state index >= 15 is 0 Å². The molecule has 1 aliphatic carbocycles. The first-order valence-electron chi connectivity index (χ1n) is 11.7. The predicted molar refractivity (Wildman–Crippen MR) is 140 cm³/mol. The Balaban J connectivity index is 1.41. The molecule has 1 atom stereocenters. The Bertz CT molecular complexity index is 1520. The van der Waals surface area contributed by atoms with Gasteiger partial charge in [-0.05, 0) is 55.0 Å². The van der Waals surface area contributed by atoms with Crippen molar-refractivity contribution in [3.8, 4) is 17.1 Å². The quantitative estimate of drug-likeness (QED) is 0.270. The number of fused-ring (bicyclic) bond motifs is 2. The second-order valence-electron chi connectivity index (χ2n) is 8.96. The molecule has 5 nitrogen and oxygen atoms in total. The van der Waals surface area contributed by atoms with Crippen LogP contribution in [0.1, 0.15) is 41.3 Å². The van der Waals surface area contributed by atoms with Crippen molar-refractivity contribution in [2.24, 2.45) is 0 Å². The normalized spacial score (nSPS) is 15.3. The highest BCUT2D eigenvalue weighted by Crippen LogP contribution is 2.43. The minimum atomic E-state index is 0.0711. The van der Waals surface area contributed by atoms with E-state index in [0.717, 1.165) is 73.9 Å². The standard InChI is InChI=1S/C28H24Cl2N4O/c1-17-28(34(16-33-17)25-9-5-8-19-22(29)10-11-23(30)27(19)25)21-13-31-24-14-32-26(12-20(21)24)35-15-18-6-3-2-4-7-18/h2-4,6-7,10-14,16,25,31H,5,8-9,15H2,1H3. The third kappa shape index (κ3) is 3.99. The topological polar surface area (TPSA) is 55.7 Å². The Morgan fingerprint density at radius 2 is 1.91 bits per heavy atom. The van der Waals surface area contributed by atoms with Gasteiger partial charge in [0.05, 0.1) is 35.5 Å².